The number of fused-ring (bicyclic) bond motifs is 3. The molecule has 0 aromatic heterocycles. The van der Waals surface area contributed by atoms with E-state index in [-0.39, 0.29) is 17.7 Å². The second-order valence-corrected chi connectivity index (χ2v) is 7.46. The number of rotatable bonds is 4. The first-order valence-corrected chi connectivity index (χ1v) is 8.70. The number of carbonyl (C=O) groups excluding carboxylic acids is 1. The molecule has 2 bridgehead atoms. The van der Waals surface area contributed by atoms with E-state index in [1.165, 1.54) is 25.9 Å². The zero-order chi connectivity index (χ0) is 15.7. The molecule has 1 aromatic rings. The number of hydrogen-bond donors (Lipinski definition) is 1. The minimum absolute atomic E-state index is 0.104. The molecule has 3 aliphatic heterocycles. The van der Waals surface area contributed by atoms with E-state index in [1.54, 1.807) is 0 Å². The Balaban J connectivity index is 1.71. The number of hydrogen-bond acceptors (Lipinski definition) is 2. The topological polar surface area (TPSA) is 32.3 Å². The maximum absolute atomic E-state index is 12.9. The average Bonchev–Trinajstić information content (AvgIpc) is 2.50. The Morgan fingerprint density at radius 3 is 2.36 bits per heavy atom. The number of benzene rings is 1. The predicted octanol–water partition coefficient (Wildman–Crippen LogP) is 3.29. The molecule has 120 valence electrons. The van der Waals surface area contributed by atoms with Gasteiger partial charge in [0.1, 0.15) is 0 Å². The quantitative estimate of drug-likeness (QED) is 0.923. The SMILES string of the molecule is CC(C)[C@@H](C(=O)N[C@@H]1CN2CCC1CC2)c1ccc(Cl)cc1. The van der Waals surface area contributed by atoms with Crippen LogP contribution in [0.15, 0.2) is 24.3 Å². The van der Waals surface area contributed by atoms with Crippen LogP contribution in [0.5, 0.6) is 0 Å². The summed E-state index contributed by atoms with van der Waals surface area (Å²) in [5.41, 5.74) is 1.05. The molecule has 0 saturated carbocycles. The molecule has 3 nitrogen and oxygen atoms in total. The molecular weight excluding hydrogens is 296 g/mol. The zero-order valence-corrected chi connectivity index (χ0v) is 14.1. The van der Waals surface area contributed by atoms with Gasteiger partial charge in [0, 0.05) is 17.6 Å². The smallest absolute Gasteiger partial charge is 0.228 e. The Morgan fingerprint density at radius 2 is 1.86 bits per heavy atom. The van der Waals surface area contributed by atoms with Crippen molar-refractivity contribution >= 4 is 17.5 Å². The summed E-state index contributed by atoms with van der Waals surface area (Å²) >= 11 is 5.97. The predicted molar refractivity (Wildman–Crippen MR) is 90.1 cm³/mol. The van der Waals surface area contributed by atoms with Crippen molar-refractivity contribution in [1.82, 2.24) is 10.2 Å². The summed E-state index contributed by atoms with van der Waals surface area (Å²) in [5.74, 6) is 0.984. The molecule has 22 heavy (non-hydrogen) atoms. The van der Waals surface area contributed by atoms with Gasteiger partial charge in [-0.25, -0.2) is 0 Å². The van der Waals surface area contributed by atoms with Crippen LogP contribution in [0.25, 0.3) is 0 Å². The highest BCUT2D eigenvalue weighted by Crippen LogP contribution is 2.30. The molecule has 2 atom stereocenters. The summed E-state index contributed by atoms with van der Waals surface area (Å²) in [7, 11) is 0. The number of carbonyl (C=O) groups is 1. The molecule has 0 radical (unpaired) electrons. The van der Waals surface area contributed by atoms with Gasteiger partial charge in [0.15, 0.2) is 0 Å². The van der Waals surface area contributed by atoms with Crippen LogP contribution in [0.3, 0.4) is 0 Å². The van der Waals surface area contributed by atoms with Gasteiger partial charge in [0.25, 0.3) is 0 Å². The van der Waals surface area contributed by atoms with Crippen LogP contribution in [0.4, 0.5) is 0 Å². The average molecular weight is 321 g/mol. The molecule has 3 heterocycles. The van der Waals surface area contributed by atoms with E-state index in [2.05, 4.69) is 24.1 Å². The molecule has 1 N–H and O–H groups in total. The van der Waals surface area contributed by atoms with Gasteiger partial charge in [-0.2, -0.15) is 0 Å². The third-order valence-electron chi connectivity index (χ3n) is 5.16. The fraction of sp³-hybridized carbons (Fsp3) is 0.611. The van der Waals surface area contributed by atoms with Gasteiger partial charge < -0.3 is 10.2 Å². The highest BCUT2D eigenvalue weighted by atomic mass is 35.5. The van der Waals surface area contributed by atoms with Crippen LogP contribution in [-0.4, -0.2) is 36.5 Å². The van der Waals surface area contributed by atoms with Crippen molar-refractivity contribution in [2.24, 2.45) is 11.8 Å². The van der Waals surface area contributed by atoms with Crippen LogP contribution in [0, 0.1) is 11.8 Å². The highest BCUT2D eigenvalue weighted by molar-refractivity contribution is 6.30. The molecule has 4 rings (SSSR count). The van der Waals surface area contributed by atoms with E-state index < -0.39 is 0 Å². The van der Waals surface area contributed by atoms with Crippen molar-refractivity contribution in [3.63, 3.8) is 0 Å². The summed E-state index contributed by atoms with van der Waals surface area (Å²) < 4.78 is 0. The molecule has 3 fully saturated rings. The fourth-order valence-corrected chi connectivity index (χ4v) is 4.04. The van der Waals surface area contributed by atoms with Crippen molar-refractivity contribution in [1.29, 1.82) is 0 Å². The van der Waals surface area contributed by atoms with Crippen molar-refractivity contribution in [2.45, 2.75) is 38.6 Å². The molecule has 3 saturated heterocycles. The summed E-state index contributed by atoms with van der Waals surface area (Å²) in [6, 6.07) is 8.01. The first-order valence-electron chi connectivity index (χ1n) is 8.33. The first-order chi connectivity index (χ1) is 10.5. The Labute approximate surface area is 138 Å². The van der Waals surface area contributed by atoms with Crippen LogP contribution < -0.4 is 5.32 Å². The van der Waals surface area contributed by atoms with Crippen molar-refractivity contribution in [3.8, 4) is 0 Å². The lowest BCUT2D eigenvalue weighted by atomic mass is 9.82. The standard InChI is InChI=1S/C18H25ClN2O/c1-12(2)17(14-3-5-15(19)6-4-14)18(22)20-16-11-21-9-7-13(16)8-10-21/h3-6,12-13,16-17H,7-11H2,1-2H3,(H,20,22)/t16-,17-/m1/s1. The van der Waals surface area contributed by atoms with Gasteiger partial charge in [0.2, 0.25) is 5.91 Å². The Bertz CT molecular complexity index is 520. The summed E-state index contributed by atoms with van der Waals surface area (Å²) in [6.07, 6.45) is 2.44. The lowest BCUT2D eigenvalue weighted by molar-refractivity contribution is -0.125. The normalized spacial score (nSPS) is 28.6. The van der Waals surface area contributed by atoms with E-state index in [1.807, 2.05) is 24.3 Å². The Hall–Kier alpha value is -1.06. The van der Waals surface area contributed by atoms with E-state index in [4.69, 9.17) is 11.6 Å². The van der Waals surface area contributed by atoms with Gasteiger partial charge in [-0.1, -0.05) is 37.6 Å². The van der Waals surface area contributed by atoms with Crippen molar-refractivity contribution < 1.29 is 4.79 Å². The van der Waals surface area contributed by atoms with Crippen LogP contribution >= 0.6 is 11.6 Å². The van der Waals surface area contributed by atoms with Crippen LogP contribution in [0.1, 0.15) is 38.2 Å². The lowest BCUT2D eigenvalue weighted by Crippen LogP contribution is -2.58. The summed E-state index contributed by atoms with van der Waals surface area (Å²) in [5, 5.41) is 4.04. The Kier molecular flexibility index (Phi) is 4.74. The molecule has 1 aromatic carbocycles. The maximum Gasteiger partial charge on any atom is 0.228 e. The molecule has 3 aliphatic rings. The number of piperidine rings is 3. The van der Waals surface area contributed by atoms with Crippen molar-refractivity contribution in [3.05, 3.63) is 34.9 Å². The van der Waals surface area contributed by atoms with Gasteiger partial charge in [-0.3, -0.25) is 4.79 Å². The zero-order valence-electron chi connectivity index (χ0n) is 13.4. The molecule has 0 aliphatic carbocycles. The number of nitrogens with one attached hydrogen (secondary N) is 1. The van der Waals surface area contributed by atoms with Crippen molar-refractivity contribution in [2.75, 3.05) is 19.6 Å². The second-order valence-electron chi connectivity index (χ2n) is 7.03. The van der Waals surface area contributed by atoms with Crippen LogP contribution in [0.2, 0.25) is 5.02 Å². The maximum atomic E-state index is 12.9. The number of halogens is 1. The summed E-state index contributed by atoms with van der Waals surface area (Å²) in [4.78, 5) is 15.3. The Morgan fingerprint density at radius 1 is 1.23 bits per heavy atom. The molecule has 0 spiro atoms. The van der Waals surface area contributed by atoms with Crippen LogP contribution in [-0.2, 0) is 4.79 Å². The third-order valence-corrected chi connectivity index (χ3v) is 5.41. The minimum Gasteiger partial charge on any atom is -0.351 e. The largest absolute Gasteiger partial charge is 0.351 e. The lowest BCUT2D eigenvalue weighted by Gasteiger charge is -2.45. The van der Waals surface area contributed by atoms with Gasteiger partial charge >= 0.3 is 0 Å². The number of nitrogens with zero attached hydrogens (tertiary/aromatic N) is 1. The van der Waals surface area contributed by atoms with E-state index in [0.29, 0.717) is 17.0 Å². The molecule has 1 amide bonds. The molecule has 0 unspecified atom stereocenters. The number of amides is 1. The molecular formula is C18H25ClN2O. The van der Waals surface area contributed by atoms with Gasteiger partial charge in [-0.05, 0) is 55.5 Å². The van der Waals surface area contributed by atoms with Gasteiger partial charge in [-0.15, -0.1) is 0 Å². The monoisotopic (exact) mass is 320 g/mol. The van der Waals surface area contributed by atoms with E-state index >= 15 is 0 Å². The van der Waals surface area contributed by atoms with E-state index in [9.17, 15) is 4.79 Å². The first kappa shape index (κ1) is 15.8. The minimum atomic E-state index is -0.104. The fourth-order valence-electron chi connectivity index (χ4n) is 3.91. The second kappa shape index (κ2) is 6.59. The van der Waals surface area contributed by atoms with Gasteiger partial charge in [0.05, 0.1) is 5.92 Å². The summed E-state index contributed by atoms with van der Waals surface area (Å²) in [6.45, 7) is 7.62. The van der Waals surface area contributed by atoms with E-state index in [0.717, 1.165) is 12.1 Å². The third kappa shape index (κ3) is 3.31. The highest BCUT2D eigenvalue weighted by Gasteiger charge is 2.36. The molecule has 4 heteroatoms.